The second kappa shape index (κ2) is 7.77. The highest BCUT2D eigenvalue weighted by Gasteiger charge is 2.30. The first kappa shape index (κ1) is 18.4. The number of carbonyl (C=O) groups is 1. The molecule has 1 aromatic carbocycles. The molecule has 0 aliphatic carbocycles. The van der Waals surface area contributed by atoms with Crippen LogP contribution in [0.5, 0.6) is 0 Å². The van der Waals surface area contributed by atoms with Gasteiger partial charge in [0, 0.05) is 24.7 Å². The van der Waals surface area contributed by atoms with Crippen LogP contribution in [0.15, 0.2) is 30.3 Å². The molecule has 2 atom stereocenters. The van der Waals surface area contributed by atoms with E-state index in [0.29, 0.717) is 30.4 Å². The summed E-state index contributed by atoms with van der Waals surface area (Å²) in [5.74, 6) is 0.214. The summed E-state index contributed by atoms with van der Waals surface area (Å²) in [6, 6.07) is 7.82. The quantitative estimate of drug-likeness (QED) is 0.891. The van der Waals surface area contributed by atoms with Gasteiger partial charge >= 0.3 is 0 Å². The fourth-order valence-electron chi connectivity index (χ4n) is 3.10. The van der Waals surface area contributed by atoms with Gasteiger partial charge in [0.2, 0.25) is 0 Å². The van der Waals surface area contributed by atoms with E-state index in [1.165, 1.54) is 12.1 Å². The van der Waals surface area contributed by atoms with E-state index in [1.54, 1.807) is 18.2 Å². The number of piperidine rings is 1. The average Bonchev–Trinajstić information content (AvgIpc) is 3.04. The zero-order valence-corrected chi connectivity index (χ0v) is 14.4. The van der Waals surface area contributed by atoms with Gasteiger partial charge < -0.3 is 10.6 Å². The van der Waals surface area contributed by atoms with Crippen LogP contribution in [0.4, 0.5) is 4.39 Å². The molecular formula is C17H22ClFN4O. The van der Waals surface area contributed by atoms with E-state index in [1.807, 2.05) is 4.90 Å². The molecule has 0 bridgehead atoms. The topological polar surface area (TPSA) is 75.0 Å². The zero-order chi connectivity index (χ0) is 16.4. The Bertz CT molecular complexity index is 688. The summed E-state index contributed by atoms with van der Waals surface area (Å²) in [6.45, 7) is 3.37. The molecule has 3 N–H and O–H groups in total. The molecule has 2 aromatic rings. The van der Waals surface area contributed by atoms with E-state index in [9.17, 15) is 9.18 Å². The molecule has 0 radical (unpaired) electrons. The Balaban J connectivity index is 0.00000208. The first-order chi connectivity index (χ1) is 11.1. The van der Waals surface area contributed by atoms with E-state index in [4.69, 9.17) is 5.73 Å². The zero-order valence-electron chi connectivity index (χ0n) is 13.5. The van der Waals surface area contributed by atoms with Crippen molar-refractivity contribution in [2.45, 2.75) is 25.8 Å². The second-order valence-electron chi connectivity index (χ2n) is 6.19. The third-order valence-electron chi connectivity index (χ3n) is 4.46. The normalized spacial score (nSPS) is 20.5. The number of nitrogens with one attached hydrogen (secondary N) is 1. The summed E-state index contributed by atoms with van der Waals surface area (Å²) in [5.41, 5.74) is 7.66. The summed E-state index contributed by atoms with van der Waals surface area (Å²) in [5, 5.41) is 6.97. The molecule has 1 aliphatic heterocycles. The number of halogens is 2. The maximum atomic E-state index is 13.0. The predicted octanol–water partition coefficient (Wildman–Crippen LogP) is 2.84. The van der Waals surface area contributed by atoms with Crippen LogP contribution in [0.3, 0.4) is 0 Å². The van der Waals surface area contributed by atoms with E-state index in [0.717, 1.165) is 18.4 Å². The Morgan fingerprint density at radius 2 is 2.12 bits per heavy atom. The van der Waals surface area contributed by atoms with Crippen LogP contribution in [0.25, 0.3) is 11.3 Å². The van der Waals surface area contributed by atoms with Gasteiger partial charge in [0.15, 0.2) is 0 Å². The Labute approximate surface area is 146 Å². The summed E-state index contributed by atoms with van der Waals surface area (Å²) < 4.78 is 13.0. The monoisotopic (exact) mass is 352 g/mol. The van der Waals surface area contributed by atoms with E-state index < -0.39 is 0 Å². The summed E-state index contributed by atoms with van der Waals surface area (Å²) >= 11 is 0. The Morgan fingerprint density at radius 3 is 2.79 bits per heavy atom. The maximum absolute atomic E-state index is 13.0. The van der Waals surface area contributed by atoms with Gasteiger partial charge in [-0.2, -0.15) is 5.10 Å². The first-order valence-corrected chi connectivity index (χ1v) is 7.91. The third-order valence-corrected chi connectivity index (χ3v) is 4.46. The van der Waals surface area contributed by atoms with Crippen molar-refractivity contribution in [2.75, 3.05) is 13.1 Å². The van der Waals surface area contributed by atoms with Crippen LogP contribution < -0.4 is 5.73 Å². The number of benzene rings is 1. The van der Waals surface area contributed by atoms with Crippen LogP contribution in [0, 0.1) is 11.7 Å². The van der Waals surface area contributed by atoms with Gasteiger partial charge in [0.25, 0.3) is 5.91 Å². The van der Waals surface area contributed by atoms with Gasteiger partial charge in [-0.25, -0.2) is 4.39 Å². The van der Waals surface area contributed by atoms with E-state index in [-0.39, 0.29) is 30.2 Å². The number of likely N-dealkylation sites (tertiary alicyclic amines) is 1. The number of hydrogen-bond acceptors (Lipinski definition) is 3. The number of nitrogens with two attached hydrogens (primary N) is 1. The summed E-state index contributed by atoms with van der Waals surface area (Å²) in [4.78, 5) is 14.5. The van der Waals surface area contributed by atoms with Crippen molar-refractivity contribution in [3.63, 3.8) is 0 Å². The summed E-state index contributed by atoms with van der Waals surface area (Å²) in [7, 11) is 0. The third kappa shape index (κ3) is 3.76. The molecule has 5 nitrogen and oxygen atoms in total. The number of hydrogen-bond donors (Lipinski definition) is 2. The Hall–Kier alpha value is -1.92. The number of aromatic amines is 1. The number of H-pyrrole nitrogens is 1. The molecule has 3 rings (SSSR count). The van der Waals surface area contributed by atoms with Crippen LogP contribution in [-0.2, 0) is 0 Å². The SMILES string of the molecule is CC1CCN(C(=O)c2cc(-c3ccc(F)cc3)n[nH]2)C(CN)C1.Cl. The molecule has 0 spiro atoms. The van der Waals surface area contributed by atoms with Crippen molar-refractivity contribution in [3.05, 3.63) is 41.8 Å². The lowest BCUT2D eigenvalue weighted by molar-refractivity contribution is 0.0567. The minimum atomic E-state index is -0.297. The fraction of sp³-hybridized carbons (Fsp3) is 0.412. The van der Waals surface area contributed by atoms with Crippen molar-refractivity contribution in [1.29, 1.82) is 0 Å². The number of carbonyl (C=O) groups excluding carboxylic acids is 1. The number of aromatic nitrogens is 2. The van der Waals surface area contributed by atoms with Crippen molar-refractivity contribution >= 4 is 18.3 Å². The second-order valence-corrected chi connectivity index (χ2v) is 6.19. The molecule has 0 saturated carbocycles. The maximum Gasteiger partial charge on any atom is 0.272 e. The van der Waals surface area contributed by atoms with Gasteiger partial charge in [-0.15, -0.1) is 12.4 Å². The first-order valence-electron chi connectivity index (χ1n) is 7.91. The average molecular weight is 353 g/mol. The van der Waals surface area contributed by atoms with Gasteiger partial charge in [-0.3, -0.25) is 9.89 Å². The lowest BCUT2D eigenvalue weighted by atomic mass is 9.92. The van der Waals surface area contributed by atoms with Gasteiger partial charge in [-0.1, -0.05) is 6.92 Å². The smallest absolute Gasteiger partial charge is 0.272 e. The molecule has 1 aromatic heterocycles. The minimum Gasteiger partial charge on any atom is -0.333 e. The van der Waals surface area contributed by atoms with Crippen LogP contribution in [-0.4, -0.2) is 40.1 Å². The molecule has 130 valence electrons. The molecule has 24 heavy (non-hydrogen) atoms. The molecular weight excluding hydrogens is 331 g/mol. The van der Waals surface area contributed by atoms with Crippen molar-refractivity contribution in [1.82, 2.24) is 15.1 Å². The largest absolute Gasteiger partial charge is 0.333 e. The standard InChI is InChI=1S/C17H21FN4O.ClH/c1-11-6-7-22(14(8-11)10-19)17(23)16-9-15(20-21-16)12-2-4-13(18)5-3-12;/h2-5,9,11,14H,6-8,10,19H2,1H3,(H,20,21);1H. The van der Waals surface area contributed by atoms with Crippen molar-refractivity contribution in [2.24, 2.45) is 11.7 Å². The van der Waals surface area contributed by atoms with Crippen LogP contribution >= 0.6 is 12.4 Å². The lowest BCUT2D eigenvalue weighted by Gasteiger charge is -2.37. The fourth-order valence-corrected chi connectivity index (χ4v) is 3.10. The van der Waals surface area contributed by atoms with Crippen LogP contribution in [0.1, 0.15) is 30.3 Å². The van der Waals surface area contributed by atoms with E-state index >= 15 is 0 Å². The Morgan fingerprint density at radius 1 is 1.42 bits per heavy atom. The van der Waals surface area contributed by atoms with Crippen LogP contribution in [0.2, 0.25) is 0 Å². The molecule has 7 heteroatoms. The highest BCUT2D eigenvalue weighted by molar-refractivity contribution is 5.93. The predicted molar refractivity (Wildman–Crippen MR) is 93.5 cm³/mol. The molecule has 2 heterocycles. The Kier molecular flexibility index (Phi) is 5.96. The van der Waals surface area contributed by atoms with Gasteiger partial charge in [0.05, 0.1) is 5.69 Å². The molecule has 2 unspecified atom stereocenters. The summed E-state index contributed by atoms with van der Waals surface area (Å²) in [6.07, 6.45) is 1.92. The van der Waals surface area contributed by atoms with Crippen molar-refractivity contribution < 1.29 is 9.18 Å². The molecule has 1 fully saturated rings. The lowest BCUT2D eigenvalue weighted by Crippen LogP contribution is -2.49. The van der Waals surface area contributed by atoms with Crippen molar-refractivity contribution in [3.8, 4) is 11.3 Å². The van der Waals surface area contributed by atoms with Gasteiger partial charge in [0.1, 0.15) is 11.5 Å². The minimum absolute atomic E-state index is 0. The highest BCUT2D eigenvalue weighted by atomic mass is 35.5. The van der Waals surface area contributed by atoms with E-state index in [2.05, 4.69) is 17.1 Å². The number of rotatable bonds is 3. The molecule has 1 amide bonds. The molecule has 1 saturated heterocycles. The molecule has 1 aliphatic rings. The highest BCUT2D eigenvalue weighted by Crippen LogP contribution is 2.24. The number of nitrogens with zero attached hydrogens (tertiary/aromatic N) is 2. The number of amides is 1. The van der Waals surface area contributed by atoms with Gasteiger partial charge in [-0.05, 0) is 49.1 Å².